The average molecular weight is 332 g/mol. The van der Waals surface area contributed by atoms with E-state index in [-0.39, 0.29) is 10.6 Å². The van der Waals surface area contributed by atoms with Gasteiger partial charge in [-0.1, -0.05) is 6.07 Å². The molecule has 2 aromatic carbocycles. The maximum absolute atomic E-state index is 13.1. The van der Waals surface area contributed by atoms with Gasteiger partial charge in [-0.2, -0.15) is 0 Å². The van der Waals surface area contributed by atoms with E-state index in [1.165, 1.54) is 30.3 Å². The minimum Gasteiger partial charge on any atom is -0.441 e. The highest BCUT2D eigenvalue weighted by Crippen LogP contribution is 2.23. The predicted molar refractivity (Wildman–Crippen MR) is 83.9 cm³/mol. The van der Waals surface area contributed by atoms with E-state index in [2.05, 4.69) is 9.71 Å². The van der Waals surface area contributed by atoms with Crippen molar-refractivity contribution in [2.75, 3.05) is 4.72 Å². The van der Waals surface area contributed by atoms with E-state index >= 15 is 0 Å². The maximum atomic E-state index is 13.1. The Kier molecular flexibility index (Phi) is 3.87. The number of nitrogens with one attached hydrogen (secondary N) is 1. The third-order valence-corrected chi connectivity index (χ3v) is 4.54. The third kappa shape index (κ3) is 3.40. The molecule has 0 unspecified atom stereocenters. The second kappa shape index (κ2) is 5.85. The summed E-state index contributed by atoms with van der Waals surface area (Å²) in [6.45, 7) is 1.73. The van der Waals surface area contributed by atoms with Gasteiger partial charge in [0.1, 0.15) is 5.82 Å². The van der Waals surface area contributed by atoms with E-state index in [1.54, 1.807) is 25.3 Å². The SMILES string of the molecule is Cc1ncc(-c2ccc(S(=O)(=O)Nc3cccc(F)c3)cc2)o1. The van der Waals surface area contributed by atoms with Crippen molar-refractivity contribution in [3.63, 3.8) is 0 Å². The largest absolute Gasteiger partial charge is 0.441 e. The Morgan fingerprint density at radius 1 is 1.13 bits per heavy atom. The molecule has 0 aliphatic heterocycles. The lowest BCUT2D eigenvalue weighted by Gasteiger charge is -2.08. The van der Waals surface area contributed by atoms with Gasteiger partial charge in [0, 0.05) is 12.5 Å². The normalized spacial score (nSPS) is 11.4. The maximum Gasteiger partial charge on any atom is 0.261 e. The molecule has 0 spiro atoms. The van der Waals surface area contributed by atoms with E-state index in [9.17, 15) is 12.8 Å². The van der Waals surface area contributed by atoms with Gasteiger partial charge in [-0.3, -0.25) is 4.72 Å². The molecule has 7 heteroatoms. The van der Waals surface area contributed by atoms with Crippen molar-refractivity contribution >= 4 is 15.7 Å². The van der Waals surface area contributed by atoms with E-state index < -0.39 is 15.8 Å². The van der Waals surface area contributed by atoms with Crippen LogP contribution in [-0.4, -0.2) is 13.4 Å². The molecule has 1 N–H and O–H groups in total. The van der Waals surface area contributed by atoms with Crippen LogP contribution in [0.5, 0.6) is 0 Å². The molecular formula is C16H13FN2O3S. The van der Waals surface area contributed by atoms with Crippen LogP contribution < -0.4 is 4.72 Å². The van der Waals surface area contributed by atoms with Crippen LogP contribution in [0.3, 0.4) is 0 Å². The van der Waals surface area contributed by atoms with E-state index in [0.29, 0.717) is 11.7 Å². The van der Waals surface area contributed by atoms with Gasteiger partial charge in [-0.25, -0.2) is 17.8 Å². The summed E-state index contributed by atoms with van der Waals surface area (Å²) in [6, 6.07) is 11.4. The number of hydrogen-bond donors (Lipinski definition) is 1. The molecule has 0 aliphatic rings. The summed E-state index contributed by atoms with van der Waals surface area (Å²) in [7, 11) is -3.79. The van der Waals surface area contributed by atoms with Gasteiger partial charge >= 0.3 is 0 Å². The Labute approximate surface area is 132 Å². The Balaban J connectivity index is 1.86. The fourth-order valence-electron chi connectivity index (χ4n) is 2.06. The highest BCUT2D eigenvalue weighted by Gasteiger charge is 2.15. The first-order chi connectivity index (χ1) is 10.9. The molecule has 3 aromatic rings. The van der Waals surface area contributed by atoms with Crippen molar-refractivity contribution in [1.82, 2.24) is 4.98 Å². The Morgan fingerprint density at radius 3 is 2.48 bits per heavy atom. The van der Waals surface area contributed by atoms with Crippen LogP contribution in [0.15, 0.2) is 64.0 Å². The third-order valence-electron chi connectivity index (χ3n) is 3.15. The predicted octanol–water partition coefficient (Wildman–Crippen LogP) is 3.59. The van der Waals surface area contributed by atoms with E-state index in [0.717, 1.165) is 11.6 Å². The number of anilines is 1. The minimum atomic E-state index is -3.79. The van der Waals surface area contributed by atoms with Crippen molar-refractivity contribution in [3.05, 3.63) is 66.4 Å². The zero-order valence-corrected chi connectivity index (χ0v) is 13.0. The zero-order chi connectivity index (χ0) is 16.4. The topological polar surface area (TPSA) is 72.2 Å². The molecule has 1 aromatic heterocycles. The van der Waals surface area contributed by atoms with Gasteiger partial charge in [0.05, 0.1) is 16.8 Å². The molecule has 3 rings (SSSR count). The van der Waals surface area contributed by atoms with Crippen LogP contribution in [0.2, 0.25) is 0 Å². The summed E-state index contributed by atoms with van der Waals surface area (Å²) < 4.78 is 45.4. The van der Waals surface area contributed by atoms with Crippen LogP contribution in [0.1, 0.15) is 5.89 Å². The summed E-state index contributed by atoms with van der Waals surface area (Å²) >= 11 is 0. The number of oxazole rings is 1. The molecular weight excluding hydrogens is 319 g/mol. The molecule has 0 aliphatic carbocycles. The Bertz CT molecular complexity index is 934. The van der Waals surface area contributed by atoms with Crippen molar-refractivity contribution in [1.29, 1.82) is 0 Å². The molecule has 0 fully saturated rings. The monoisotopic (exact) mass is 332 g/mol. The lowest BCUT2D eigenvalue weighted by molar-refractivity contribution is 0.534. The number of benzene rings is 2. The number of hydrogen-bond acceptors (Lipinski definition) is 4. The lowest BCUT2D eigenvalue weighted by atomic mass is 10.2. The molecule has 0 amide bonds. The standard InChI is InChI=1S/C16H13FN2O3S/c1-11-18-10-16(22-11)12-5-7-15(8-6-12)23(20,21)19-14-4-2-3-13(17)9-14/h2-10,19H,1H3. The number of aromatic nitrogens is 1. The lowest BCUT2D eigenvalue weighted by Crippen LogP contribution is -2.12. The quantitative estimate of drug-likeness (QED) is 0.792. The molecule has 118 valence electrons. The number of sulfonamides is 1. The summed E-state index contributed by atoms with van der Waals surface area (Å²) in [4.78, 5) is 4.07. The van der Waals surface area contributed by atoms with Gasteiger partial charge in [0.25, 0.3) is 10.0 Å². The smallest absolute Gasteiger partial charge is 0.261 e. The highest BCUT2D eigenvalue weighted by atomic mass is 32.2. The van der Waals surface area contributed by atoms with Gasteiger partial charge in [0.15, 0.2) is 11.7 Å². The van der Waals surface area contributed by atoms with E-state index in [4.69, 9.17) is 4.42 Å². The van der Waals surface area contributed by atoms with Gasteiger partial charge in [-0.05, 0) is 42.5 Å². The van der Waals surface area contributed by atoms with Crippen molar-refractivity contribution in [2.24, 2.45) is 0 Å². The second-order valence-electron chi connectivity index (χ2n) is 4.88. The summed E-state index contributed by atoms with van der Waals surface area (Å²) in [6.07, 6.45) is 1.57. The van der Waals surface area contributed by atoms with Crippen LogP contribution in [0, 0.1) is 12.7 Å². The average Bonchev–Trinajstić information content (AvgIpc) is 2.93. The molecule has 23 heavy (non-hydrogen) atoms. The molecule has 1 heterocycles. The summed E-state index contributed by atoms with van der Waals surface area (Å²) in [5.41, 5.74) is 0.884. The van der Waals surface area contributed by atoms with Crippen LogP contribution in [0.4, 0.5) is 10.1 Å². The van der Waals surface area contributed by atoms with Crippen molar-refractivity contribution in [3.8, 4) is 11.3 Å². The summed E-state index contributed by atoms with van der Waals surface area (Å²) in [5.74, 6) is 0.579. The fraction of sp³-hybridized carbons (Fsp3) is 0.0625. The second-order valence-corrected chi connectivity index (χ2v) is 6.57. The zero-order valence-electron chi connectivity index (χ0n) is 12.2. The molecule has 0 saturated heterocycles. The first kappa shape index (κ1) is 15.2. The van der Waals surface area contributed by atoms with Crippen LogP contribution in [0.25, 0.3) is 11.3 Å². The number of nitrogens with zero attached hydrogens (tertiary/aromatic N) is 1. The number of halogens is 1. The summed E-state index contributed by atoms with van der Waals surface area (Å²) in [5, 5.41) is 0. The molecule has 5 nitrogen and oxygen atoms in total. The first-order valence-electron chi connectivity index (χ1n) is 6.75. The molecule has 0 atom stereocenters. The van der Waals surface area contributed by atoms with Crippen molar-refractivity contribution in [2.45, 2.75) is 11.8 Å². The van der Waals surface area contributed by atoms with Gasteiger partial charge in [-0.15, -0.1) is 0 Å². The van der Waals surface area contributed by atoms with Crippen LogP contribution in [-0.2, 0) is 10.0 Å². The molecule has 0 bridgehead atoms. The van der Waals surface area contributed by atoms with Crippen molar-refractivity contribution < 1.29 is 17.2 Å². The van der Waals surface area contributed by atoms with Gasteiger partial charge in [0.2, 0.25) is 0 Å². The number of rotatable bonds is 4. The Morgan fingerprint density at radius 2 is 1.87 bits per heavy atom. The molecule has 0 saturated carbocycles. The van der Waals surface area contributed by atoms with E-state index in [1.807, 2.05) is 0 Å². The number of aryl methyl sites for hydroxylation is 1. The fourth-order valence-corrected chi connectivity index (χ4v) is 3.11. The van der Waals surface area contributed by atoms with Gasteiger partial charge < -0.3 is 4.42 Å². The highest BCUT2D eigenvalue weighted by molar-refractivity contribution is 7.92. The van der Waals surface area contributed by atoms with Crippen LogP contribution >= 0.6 is 0 Å². The minimum absolute atomic E-state index is 0.0711. The first-order valence-corrected chi connectivity index (χ1v) is 8.24. The molecule has 0 radical (unpaired) electrons. The Hall–Kier alpha value is -2.67.